The van der Waals surface area contributed by atoms with Gasteiger partial charge in [-0.1, -0.05) is 0 Å². The second-order valence-corrected chi connectivity index (χ2v) is 11.7. The van der Waals surface area contributed by atoms with E-state index in [4.69, 9.17) is 4.74 Å². The van der Waals surface area contributed by atoms with E-state index in [0.717, 1.165) is 45.8 Å². The standard InChI is InChI=1S/C16H38IN3O/c1-7-11-20(12-10-19-17(5)6)13-15-21-14-8-9-18-16(2,3)4/h18-19H,7-15H2,1-6H3. The van der Waals surface area contributed by atoms with Gasteiger partial charge in [0.05, 0.1) is 0 Å². The molecule has 0 saturated heterocycles. The van der Waals surface area contributed by atoms with Gasteiger partial charge >= 0.3 is 120 Å². The molecule has 0 aliphatic heterocycles. The summed E-state index contributed by atoms with van der Waals surface area (Å²) in [5, 5.41) is 3.49. The molecule has 130 valence electrons. The van der Waals surface area contributed by atoms with Crippen LogP contribution < -0.4 is 8.85 Å². The third kappa shape index (κ3) is 16.8. The summed E-state index contributed by atoms with van der Waals surface area (Å²) >= 11 is -0.778. The molecule has 0 heterocycles. The van der Waals surface area contributed by atoms with Crippen LogP contribution in [-0.4, -0.2) is 66.2 Å². The van der Waals surface area contributed by atoms with Crippen LogP contribution in [-0.2, 0) is 4.74 Å². The van der Waals surface area contributed by atoms with Crippen LogP contribution in [0.1, 0.15) is 40.5 Å². The zero-order valence-corrected chi connectivity index (χ0v) is 17.3. The molecule has 4 nitrogen and oxygen atoms in total. The fourth-order valence-electron chi connectivity index (χ4n) is 1.97. The molecular weight excluding hydrogens is 377 g/mol. The van der Waals surface area contributed by atoms with Crippen LogP contribution in [0.5, 0.6) is 0 Å². The van der Waals surface area contributed by atoms with Gasteiger partial charge in [-0.3, -0.25) is 0 Å². The maximum atomic E-state index is 5.76. The van der Waals surface area contributed by atoms with Crippen molar-refractivity contribution < 1.29 is 4.74 Å². The number of hydrogen-bond acceptors (Lipinski definition) is 4. The first-order valence-corrected chi connectivity index (χ1v) is 13.5. The average Bonchev–Trinajstić information content (AvgIpc) is 2.35. The van der Waals surface area contributed by atoms with Gasteiger partial charge in [0.1, 0.15) is 0 Å². The van der Waals surface area contributed by atoms with E-state index in [1.807, 2.05) is 0 Å². The number of ether oxygens (including phenoxy) is 1. The molecule has 0 unspecified atom stereocenters. The Balaban J connectivity index is 3.55. The van der Waals surface area contributed by atoms with Gasteiger partial charge in [0.2, 0.25) is 0 Å². The van der Waals surface area contributed by atoms with Crippen LogP contribution in [0, 0.1) is 0 Å². The SMILES string of the molecule is CCCN(CCNI(C)C)CCOCCCNC(C)(C)C. The van der Waals surface area contributed by atoms with Gasteiger partial charge in [0, 0.05) is 0 Å². The van der Waals surface area contributed by atoms with E-state index in [0.29, 0.717) is 0 Å². The number of nitrogens with one attached hydrogen (secondary N) is 2. The van der Waals surface area contributed by atoms with Crippen molar-refractivity contribution in [2.45, 2.75) is 46.1 Å². The molecule has 5 heteroatoms. The predicted octanol–water partition coefficient (Wildman–Crippen LogP) is 2.76. The quantitative estimate of drug-likeness (QED) is 0.210. The molecule has 0 aliphatic rings. The van der Waals surface area contributed by atoms with E-state index in [9.17, 15) is 0 Å². The number of alkyl halides is 2. The molecule has 0 bridgehead atoms. The molecule has 0 aromatic rings. The monoisotopic (exact) mass is 415 g/mol. The van der Waals surface area contributed by atoms with E-state index in [-0.39, 0.29) is 5.54 Å². The van der Waals surface area contributed by atoms with Crippen LogP contribution >= 0.6 is 20.1 Å². The summed E-state index contributed by atoms with van der Waals surface area (Å²) in [6.45, 7) is 16.1. The molecule has 0 spiro atoms. The molecule has 2 N–H and O–H groups in total. The van der Waals surface area contributed by atoms with Crippen molar-refractivity contribution in [2.24, 2.45) is 0 Å². The van der Waals surface area contributed by atoms with Crippen LogP contribution in [0.25, 0.3) is 0 Å². The van der Waals surface area contributed by atoms with Crippen molar-refractivity contribution in [2.75, 3.05) is 55.8 Å². The summed E-state index contributed by atoms with van der Waals surface area (Å²) < 4.78 is 9.39. The van der Waals surface area contributed by atoms with E-state index in [1.165, 1.54) is 13.0 Å². The summed E-state index contributed by atoms with van der Waals surface area (Å²) in [5.74, 6) is 0. The molecule has 0 rings (SSSR count). The Morgan fingerprint density at radius 2 is 1.71 bits per heavy atom. The van der Waals surface area contributed by atoms with E-state index in [2.05, 4.69) is 51.3 Å². The van der Waals surface area contributed by atoms with Gasteiger partial charge in [-0.15, -0.1) is 0 Å². The summed E-state index contributed by atoms with van der Waals surface area (Å²) in [6.07, 6.45) is 2.31. The van der Waals surface area contributed by atoms with Gasteiger partial charge in [-0.05, 0) is 20.8 Å². The van der Waals surface area contributed by atoms with Crippen LogP contribution in [0.3, 0.4) is 0 Å². The minimum Gasteiger partial charge on any atom is -0.0474 e. The van der Waals surface area contributed by atoms with Crippen molar-refractivity contribution in [3.05, 3.63) is 0 Å². The van der Waals surface area contributed by atoms with Crippen molar-refractivity contribution in [3.63, 3.8) is 0 Å². The second kappa shape index (κ2) is 13.0. The molecule has 21 heavy (non-hydrogen) atoms. The Labute approximate surface area is 140 Å². The van der Waals surface area contributed by atoms with Crippen molar-refractivity contribution >= 4 is 20.1 Å². The molecule has 0 amide bonds. The third-order valence-corrected chi connectivity index (χ3v) is 5.07. The molecular formula is C16H38IN3O. The Morgan fingerprint density at radius 1 is 1.00 bits per heavy atom. The maximum absolute atomic E-state index is 5.76. The Morgan fingerprint density at radius 3 is 2.29 bits per heavy atom. The van der Waals surface area contributed by atoms with Crippen molar-refractivity contribution in [1.82, 2.24) is 13.7 Å². The number of hydrogen-bond donors (Lipinski definition) is 2. The normalized spacial score (nSPS) is 13.0. The van der Waals surface area contributed by atoms with Gasteiger partial charge in [-0.2, -0.15) is 0 Å². The van der Waals surface area contributed by atoms with Crippen molar-refractivity contribution in [3.8, 4) is 0 Å². The average molecular weight is 415 g/mol. The predicted molar refractivity (Wildman–Crippen MR) is 104 cm³/mol. The fourth-order valence-corrected chi connectivity index (χ4v) is 3.29. The first-order valence-electron chi connectivity index (χ1n) is 8.14. The number of halogens is 1. The molecule has 0 radical (unpaired) electrons. The third-order valence-electron chi connectivity index (χ3n) is 3.00. The smallest absolute Gasteiger partial charge is 0.0474 e. The first-order chi connectivity index (χ1) is 9.85. The molecule has 0 saturated carbocycles. The van der Waals surface area contributed by atoms with Crippen LogP contribution in [0.2, 0.25) is 0 Å². The van der Waals surface area contributed by atoms with Crippen LogP contribution in [0.4, 0.5) is 0 Å². The first kappa shape index (κ1) is 21.6. The minimum absolute atomic E-state index is 0.213. The molecule has 0 fully saturated rings. The topological polar surface area (TPSA) is 36.5 Å². The zero-order valence-electron chi connectivity index (χ0n) is 15.1. The fraction of sp³-hybridized carbons (Fsp3) is 1.00. The molecule has 0 atom stereocenters. The number of rotatable bonds is 13. The van der Waals surface area contributed by atoms with E-state index in [1.54, 1.807) is 0 Å². The Hall–Kier alpha value is 0.570. The van der Waals surface area contributed by atoms with Gasteiger partial charge < -0.3 is 0 Å². The summed E-state index contributed by atoms with van der Waals surface area (Å²) in [5.41, 5.74) is 0.213. The van der Waals surface area contributed by atoms with E-state index < -0.39 is 20.1 Å². The van der Waals surface area contributed by atoms with E-state index >= 15 is 0 Å². The molecule has 0 aromatic carbocycles. The molecule has 0 aliphatic carbocycles. The minimum atomic E-state index is -0.778. The van der Waals surface area contributed by atoms with Crippen molar-refractivity contribution in [1.29, 1.82) is 0 Å². The Kier molecular flexibility index (Phi) is 13.4. The van der Waals surface area contributed by atoms with Crippen LogP contribution in [0.15, 0.2) is 0 Å². The second-order valence-electron chi connectivity index (χ2n) is 6.62. The number of nitrogens with zero attached hydrogens (tertiary/aromatic N) is 1. The van der Waals surface area contributed by atoms with Gasteiger partial charge in [-0.25, -0.2) is 0 Å². The summed E-state index contributed by atoms with van der Waals surface area (Å²) in [6, 6.07) is 0. The van der Waals surface area contributed by atoms with Gasteiger partial charge in [0.25, 0.3) is 0 Å². The Bertz CT molecular complexity index is 232. The summed E-state index contributed by atoms with van der Waals surface area (Å²) in [4.78, 5) is 7.21. The zero-order chi connectivity index (χ0) is 16.1. The van der Waals surface area contributed by atoms with Gasteiger partial charge in [0.15, 0.2) is 0 Å². The summed E-state index contributed by atoms with van der Waals surface area (Å²) in [7, 11) is 0. The molecule has 0 aromatic heterocycles.